The van der Waals surface area contributed by atoms with Gasteiger partial charge in [0.25, 0.3) is 0 Å². The fourth-order valence-corrected chi connectivity index (χ4v) is 2.90. The highest BCUT2D eigenvalue weighted by Gasteiger charge is 2.21. The van der Waals surface area contributed by atoms with E-state index in [-0.39, 0.29) is 18.3 Å². The zero-order valence-corrected chi connectivity index (χ0v) is 13.8. The number of carbonyl (C=O) groups excluding carboxylic acids is 1. The number of piperazine rings is 1. The molecule has 1 saturated heterocycles. The molecule has 126 valence electrons. The third-order valence-electron chi connectivity index (χ3n) is 4.29. The summed E-state index contributed by atoms with van der Waals surface area (Å²) in [6.07, 6.45) is 0. The van der Waals surface area contributed by atoms with Crippen LogP contribution in [0, 0.1) is 12.7 Å². The van der Waals surface area contributed by atoms with Crippen LogP contribution in [0.15, 0.2) is 48.5 Å². The van der Waals surface area contributed by atoms with E-state index < -0.39 is 0 Å². The van der Waals surface area contributed by atoms with Crippen molar-refractivity contribution in [2.24, 2.45) is 0 Å². The lowest BCUT2D eigenvalue weighted by Crippen LogP contribution is -2.50. The Morgan fingerprint density at radius 3 is 2.46 bits per heavy atom. The molecular formula is C19H22FN3O. The molecule has 0 spiro atoms. The molecule has 2 aromatic rings. The molecule has 0 unspecified atom stereocenters. The van der Waals surface area contributed by atoms with Gasteiger partial charge in [-0.25, -0.2) is 4.39 Å². The molecule has 0 aromatic heterocycles. The Hall–Kier alpha value is -2.56. The van der Waals surface area contributed by atoms with Gasteiger partial charge in [-0.2, -0.15) is 0 Å². The van der Waals surface area contributed by atoms with Gasteiger partial charge in [0.2, 0.25) is 5.91 Å². The number of hydrogen-bond donors (Lipinski definition) is 1. The molecule has 1 N–H and O–H groups in total. The van der Waals surface area contributed by atoms with Gasteiger partial charge < -0.3 is 15.1 Å². The first-order valence-electron chi connectivity index (χ1n) is 8.21. The van der Waals surface area contributed by atoms with Gasteiger partial charge in [0.05, 0.1) is 6.54 Å². The van der Waals surface area contributed by atoms with Crippen molar-refractivity contribution < 1.29 is 9.18 Å². The molecular weight excluding hydrogens is 305 g/mol. The highest BCUT2D eigenvalue weighted by Crippen LogP contribution is 2.18. The summed E-state index contributed by atoms with van der Waals surface area (Å²) in [4.78, 5) is 16.5. The Labute approximate surface area is 141 Å². The first kappa shape index (κ1) is 16.3. The van der Waals surface area contributed by atoms with E-state index in [0.717, 1.165) is 31.9 Å². The molecule has 1 heterocycles. The van der Waals surface area contributed by atoms with Gasteiger partial charge in [-0.15, -0.1) is 0 Å². The highest BCUT2D eigenvalue weighted by atomic mass is 19.1. The fourth-order valence-electron chi connectivity index (χ4n) is 2.90. The number of nitrogens with one attached hydrogen (secondary N) is 1. The second kappa shape index (κ2) is 7.34. The number of halogens is 1. The van der Waals surface area contributed by atoms with Gasteiger partial charge >= 0.3 is 0 Å². The zero-order chi connectivity index (χ0) is 16.9. The third-order valence-corrected chi connectivity index (χ3v) is 4.29. The van der Waals surface area contributed by atoms with Crippen LogP contribution in [-0.2, 0) is 4.79 Å². The number of nitrogens with zero attached hydrogens (tertiary/aromatic N) is 2. The Morgan fingerprint density at radius 1 is 1.08 bits per heavy atom. The van der Waals surface area contributed by atoms with Crippen LogP contribution in [0.4, 0.5) is 15.8 Å². The molecule has 1 amide bonds. The minimum absolute atomic E-state index is 0.0724. The van der Waals surface area contributed by atoms with E-state index in [4.69, 9.17) is 0 Å². The quantitative estimate of drug-likeness (QED) is 0.938. The maximum atomic E-state index is 12.9. The molecule has 0 radical (unpaired) electrons. The normalized spacial score (nSPS) is 14.6. The lowest BCUT2D eigenvalue weighted by atomic mass is 10.2. The topological polar surface area (TPSA) is 35.6 Å². The summed E-state index contributed by atoms with van der Waals surface area (Å²) in [6, 6.07) is 14.5. The fraction of sp³-hybridized carbons (Fsp3) is 0.316. The Balaban J connectivity index is 1.49. The molecule has 5 heteroatoms. The first-order valence-corrected chi connectivity index (χ1v) is 8.21. The Morgan fingerprint density at radius 2 is 1.79 bits per heavy atom. The second-order valence-corrected chi connectivity index (χ2v) is 6.07. The van der Waals surface area contributed by atoms with Crippen LogP contribution < -0.4 is 10.2 Å². The van der Waals surface area contributed by atoms with Crippen LogP contribution in [0.1, 0.15) is 5.56 Å². The molecule has 1 aliphatic heterocycles. The van der Waals surface area contributed by atoms with Crippen molar-refractivity contribution in [1.82, 2.24) is 4.90 Å². The number of rotatable bonds is 4. The van der Waals surface area contributed by atoms with Gasteiger partial charge in [0.1, 0.15) is 5.82 Å². The van der Waals surface area contributed by atoms with Crippen LogP contribution in [0.5, 0.6) is 0 Å². The van der Waals surface area contributed by atoms with Crippen molar-refractivity contribution in [3.63, 3.8) is 0 Å². The Bertz CT molecular complexity index is 694. The van der Waals surface area contributed by atoms with Crippen LogP contribution in [0.2, 0.25) is 0 Å². The number of benzene rings is 2. The summed E-state index contributed by atoms with van der Waals surface area (Å²) in [5.74, 6) is -0.206. The number of anilines is 2. The van der Waals surface area contributed by atoms with Crippen LogP contribution in [0.25, 0.3) is 0 Å². The van der Waals surface area contributed by atoms with E-state index in [1.807, 2.05) is 4.90 Å². The van der Waals surface area contributed by atoms with Gasteiger partial charge in [-0.3, -0.25) is 4.79 Å². The number of hydrogen-bond acceptors (Lipinski definition) is 3. The summed E-state index contributed by atoms with van der Waals surface area (Å²) >= 11 is 0. The summed E-state index contributed by atoms with van der Waals surface area (Å²) in [7, 11) is 0. The van der Waals surface area contributed by atoms with E-state index in [9.17, 15) is 9.18 Å². The predicted octanol–water partition coefficient (Wildman–Crippen LogP) is 2.89. The maximum Gasteiger partial charge on any atom is 0.241 e. The van der Waals surface area contributed by atoms with Gasteiger partial charge in [-0.1, -0.05) is 12.1 Å². The molecule has 1 fully saturated rings. The van der Waals surface area contributed by atoms with Crippen LogP contribution in [-0.4, -0.2) is 43.5 Å². The molecule has 0 aliphatic carbocycles. The van der Waals surface area contributed by atoms with Crippen molar-refractivity contribution in [2.75, 3.05) is 42.9 Å². The van der Waals surface area contributed by atoms with E-state index in [0.29, 0.717) is 0 Å². The maximum absolute atomic E-state index is 12.9. The number of amides is 1. The van der Waals surface area contributed by atoms with Gasteiger partial charge in [0, 0.05) is 37.6 Å². The number of aryl methyl sites for hydroxylation is 1. The Kier molecular flexibility index (Phi) is 4.99. The summed E-state index contributed by atoms with van der Waals surface area (Å²) in [5, 5.41) is 3.05. The van der Waals surface area contributed by atoms with E-state index in [1.54, 1.807) is 12.1 Å². The van der Waals surface area contributed by atoms with Crippen molar-refractivity contribution in [2.45, 2.75) is 6.92 Å². The molecule has 24 heavy (non-hydrogen) atoms. The smallest absolute Gasteiger partial charge is 0.241 e. The van der Waals surface area contributed by atoms with E-state index >= 15 is 0 Å². The largest absolute Gasteiger partial charge is 0.376 e. The van der Waals surface area contributed by atoms with Crippen LogP contribution in [0.3, 0.4) is 0 Å². The van der Waals surface area contributed by atoms with Crippen molar-refractivity contribution in [3.05, 3.63) is 59.9 Å². The first-order chi connectivity index (χ1) is 11.6. The van der Waals surface area contributed by atoms with Gasteiger partial charge in [0.15, 0.2) is 0 Å². The summed E-state index contributed by atoms with van der Waals surface area (Å²) in [5.41, 5.74) is 3.21. The molecule has 0 atom stereocenters. The summed E-state index contributed by atoms with van der Waals surface area (Å²) in [6.45, 7) is 5.44. The molecule has 2 aromatic carbocycles. The molecule has 1 aliphatic rings. The molecule has 4 nitrogen and oxygen atoms in total. The lowest BCUT2D eigenvalue weighted by molar-refractivity contribution is -0.129. The van der Waals surface area contributed by atoms with E-state index in [2.05, 4.69) is 41.4 Å². The standard InChI is InChI=1S/C19H22FN3O/c1-15-3-2-4-18(13-15)22-9-11-23(12-10-22)19(24)14-21-17-7-5-16(20)6-8-17/h2-8,13,21H,9-12,14H2,1H3. The minimum Gasteiger partial charge on any atom is -0.376 e. The average Bonchev–Trinajstić information content (AvgIpc) is 2.61. The minimum atomic E-state index is -0.279. The molecule has 0 saturated carbocycles. The number of carbonyl (C=O) groups is 1. The average molecular weight is 327 g/mol. The SMILES string of the molecule is Cc1cccc(N2CCN(C(=O)CNc3ccc(F)cc3)CC2)c1. The summed E-state index contributed by atoms with van der Waals surface area (Å²) < 4.78 is 12.9. The van der Waals surface area contributed by atoms with Crippen molar-refractivity contribution in [3.8, 4) is 0 Å². The molecule has 0 bridgehead atoms. The van der Waals surface area contributed by atoms with Crippen molar-refractivity contribution in [1.29, 1.82) is 0 Å². The monoisotopic (exact) mass is 327 g/mol. The molecule has 3 rings (SSSR count). The lowest BCUT2D eigenvalue weighted by Gasteiger charge is -2.36. The van der Waals surface area contributed by atoms with Gasteiger partial charge in [-0.05, 0) is 48.9 Å². The second-order valence-electron chi connectivity index (χ2n) is 6.07. The van der Waals surface area contributed by atoms with Crippen LogP contribution >= 0.6 is 0 Å². The van der Waals surface area contributed by atoms with Crippen molar-refractivity contribution >= 4 is 17.3 Å². The zero-order valence-electron chi connectivity index (χ0n) is 13.8. The predicted molar refractivity (Wildman–Crippen MR) is 94.9 cm³/mol. The van der Waals surface area contributed by atoms with E-state index in [1.165, 1.54) is 23.4 Å². The third kappa shape index (κ3) is 4.04. The highest BCUT2D eigenvalue weighted by molar-refractivity contribution is 5.81.